The summed E-state index contributed by atoms with van der Waals surface area (Å²) in [6, 6.07) is -5.69. The predicted octanol–water partition coefficient (Wildman–Crippen LogP) is -5.00. The highest BCUT2D eigenvalue weighted by Crippen LogP contribution is 2.05. The first-order chi connectivity index (χ1) is 16.3. The van der Waals surface area contributed by atoms with E-state index in [1.54, 1.807) is 0 Å². The number of hydrogen-bond acceptors (Lipinski definition) is 9. The number of aliphatic carboxylic acids is 1. The minimum Gasteiger partial charge on any atom is -0.480 e. The highest BCUT2D eigenvalue weighted by Gasteiger charge is 2.31. The van der Waals surface area contributed by atoms with Gasteiger partial charge in [-0.25, -0.2) is 4.79 Å². The molecule has 0 aromatic carbocycles. The Balaban J connectivity index is 5.54. The van der Waals surface area contributed by atoms with Crippen molar-refractivity contribution in [2.24, 2.45) is 28.7 Å². The topological polar surface area (TPSA) is 306 Å². The number of nitrogens with one attached hydrogen (secondary N) is 3. The number of unbranched alkanes of at least 4 members (excludes halogenated alkanes) is 1. The Morgan fingerprint density at radius 3 is 1.66 bits per heavy atom. The third-order valence-corrected chi connectivity index (χ3v) is 4.67. The Hall–Kier alpha value is -3.79. The molecule has 0 aliphatic heterocycles. The summed E-state index contributed by atoms with van der Waals surface area (Å²) in [6.45, 7) is 0.304. The highest BCUT2D eigenvalue weighted by atomic mass is 16.4. The molecule has 4 atom stereocenters. The molecule has 6 amide bonds. The van der Waals surface area contributed by atoms with Crippen molar-refractivity contribution in [3.63, 3.8) is 0 Å². The summed E-state index contributed by atoms with van der Waals surface area (Å²) >= 11 is 0. The molecule has 0 aromatic rings. The molecular formula is C19H34N8O8. The van der Waals surface area contributed by atoms with Gasteiger partial charge in [-0.1, -0.05) is 0 Å². The highest BCUT2D eigenvalue weighted by molar-refractivity contribution is 5.96. The lowest BCUT2D eigenvalue weighted by atomic mass is 10.1. The molecule has 0 bridgehead atoms. The van der Waals surface area contributed by atoms with Crippen molar-refractivity contribution < 1.29 is 38.7 Å². The van der Waals surface area contributed by atoms with Crippen molar-refractivity contribution in [3.8, 4) is 0 Å². The van der Waals surface area contributed by atoms with Crippen LogP contribution in [0.2, 0.25) is 0 Å². The molecule has 0 saturated heterocycles. The second kappa shape index (κ2) is 15.9. The largest absolute Gasteiger partial charge is 0.480 e. The minimum absolute atomic E-state index is 0.0688. The number of carboxylic acid groups (broad SMARTS) is 1. The molecule has 4 unspecified atom stereocenters. The molecule has 0 rings (SSSR count). The van der Waals surface area contributed by atoms with Gasteiger partial charge in [0, 0.05) is 6.42 Å². The van der Waals surface area contributed by atoms with Crippen LogP contribution < -0.4 is 44.6 Å². The van der Waals surface area contributed by atoms with Gasteiger partial charge in [0.25, 0.3) is 0 Å². The van der Waals surface area contributed by atoms with Crippen molar-refractivity contribution in [2.75, 3.05) is 6.54 Å². The molecule has 0 heterocycles. The molecular weight excluding hydrogens is 468 g/mol. The fourth-order valence-corrected chi connectivity index (χ4v) is 2.85. The van der Waals surface area contributed by atoms with Gasteiger partial charge in [0.15, 0.2) is 0 Å². The van der Waals surface area contributed by atoms with Crippen LogP contribution in [0.15, 0.2) is 0 Å². The van der Waals surface area contributed by atoms with Crippen LogP contribution in [0.5, 0.6) is 0 Å². The summed E-state index contributed by atoms with van der Waals surface area (Å²) < 4.78 is 0. The third-order valence-electron chi connectivity index (χ3n) is 4.67. The van der Waals surface area contributed by atoms with Crippen LogP contribution in [0.4, 0.5) is 0 Å². The Bertz CT molecular complexity index is 806. The van der Waals surface area contributed by atoms with Gasteiger partial charge >= 0.3 is 5.97 Å². The van der Waals surface area contributed by atoms with Crippen LogP contribution in [0, 0.1) is 0 Å². The lowest BCUT2D eigenvalue weighted by Gasteiger charge is -2.24. The van der Waals surface area contributed by atoms with Crippen LogP contribution >= 0.6 is 0 Å². The van der Waals surface area contributed by atoms with Crippen LogP contribution in [0.25, 0.3) is 0 Å². The molecule has 0 aliphatic carbocycles. The second-order valence-corrected chi connectivity index (χ2v) is 7.76. The van der Waals surface area contributed by atoms with E-state index in [-0.39, 0.29) is 19.3 Å². The van der Waals surface area contributed by atoms with Crippen molar-refractivity contribution in [2.45, 2.75) is 69.1 Å². The van der Waals surface area contributed by atoms with Crippen molar-refractivity contribution in [1.29, 1.82) is 0 Å². The normalized spacial score (nSPS) is 14.0. The van der Waals surface area contributed by atoms with Gasteiger partial charge < -0.3 is 49.7 Å². The van der Waals surface area contributed by atoms with E-state index in [1.165, 1.54) is 0 Å². The van der Waals surface area contributed by atoms with Gasteiger partial charge in [0.2, 0.25) is 35.4 Å². The molecule has 0 spiro atoms. The van der Waals surface area contributed by atoms with E-state index in [4.69, 9.17) is 28.7 Å². The summed E-state index contributed by atoms with van der Waals surface area (Å²) in [5, 5.41) is 16.0. The van der Waals surface area contributed by atoms with Crippen molar-refractivity contribution in [1.82, 2.24) is 16.0 Å². The first-order valence-electron chi connectivity index (χ1n) is 10.7. The summed E-state index contributed by atoms with van der Waals surface area (Å²) in [6.07, 6.45) is -0.880. The van der Waals surface area contributed by atoms with Crippen molar-refractivity contribution in [3.05, 3.63) is 0 Å². The molecule has 0 saturated carbocycles. The zero-order chi connectivity index (χ0) is 27.1. The summed E-state index contributed by atoms with van der Waals surface area (Å²) in [4.78, 5) is 82.5. The molecule has 16 heteroatoms. The number of amides is 6. The van der Waals surface area contributed by atoms with Gasteiger partial charge in [-0.3, -0.25) is 28.8 Å². The number of carbonyl (C=O) groups excluding carboxylic acids is 6. The number of hydrogen-bond donors (Lipinski definition) is 9. The first-order valence-corrected chi connectivity index (χ1v) is 10.7. The molecule has 14 N–H and O–H groups in total. The number of primary amides is 3. The Labute approximate surface area is 201 Å². The monoisotopic (exact) mass is 502 g/mol. The lowest BCUT2D eigenvalue weighted by Crippen LogP contribution is -2.58. The number of nitrogens with two attached hydrogens (primary N) is 5. The Kier molecular flexibility index (Phi) is 14.2. The SMILES string of the molecule is NCCCCC(NC(=O)C(N)CC(N)=O)C(=O)NC(CC(N)=O)C(=O)NC(CCC(N)=O)C(=O)O. The van der Waals surface area contributed by atoms with Crippen molar-refractivity contribution >= 4 is 41.4 Å². The van der Waals surface area contributed by atoms with Gasteiger partial charge in [0.05, 0.1) is 18.9 Å². The summed E-state index contributed by atoms with van der Waals surface area (Å²) in [5.74, 6) is -6.90. The van der Waals surface area contributed by atoms with Gasteiger partial charge in [0.1, 0.15) is 18.1 Å². The van der Waals surface area contributed by atoms with E-state index in [2.05, 4.69) is 16.0 Å². The van der Waals surface area contributed by atoms with E-state index < -0.39 is 78.4 Å². The first kappa shape index (κ1) is 31.2. The van der Waals surface area contributed by atoms with Gasteiger partial charge in [-0.2, -0.15) is 0 Å². The summed E-state index contributed by atoms with van der Waals surface area (Å²) in [5.41, 5.74) is 26.2. The zero-order valence-electron chi connectivity index (χ0n) is 19.2. The van der Waals surface area contributed by atoms with Crippen LogP contribution in [0.1, 0.15) is 44.9 Å². The number of rotatable bonds is 18. The smallest absolute Gasteiger partial charge is 0.326 e. The maximum atomic E-state index is 12.8. The van der Waals surface area contributed by atoms with E-state index in [9.17, 15) is 38.7 Å². The maximum absolute atomic E-state index is 12.8. The van der Waals surface area contributed by atoms with Crippen LogP contribution in [0.3, 0.4) is 0 Å². The number of carbonyl (C=O) groups is 7. The molecule has 0 aromatic heterocycles. The molecule has 198 valence electrons. The molecule has 16 nitrogen and oxygen atoms in total. The zero-order valence-corrected chi connectivity index (χ0v) is 19.2. The van der Waals surface area contributed by atoms with Crippen LogP contribution in [-0.2, 0) is 33.6 Å². The molecule has 0 aliphatic rings. The second-order valence-electron chi connectivity index (χ2n) is 7.76. The lowest BCUT2D eigenvalue weighted by molar-refractivity contribution is -0.142. The minimum atomic E-state index is -1.59. The third kappa shape index (κ3) is 13.5. The fraction of sp³-hybridized carbons (Fsp3) is 0.632. The van der Waals surface area contributed by atoms with E-state index in [0.29, 0.717) is 19.4 Å². The molecule has 35 heavy (non-hydrogen) atoms. The van der Waals surface area contributed by atoms with Gasteiger partial charge in [-0.05, 0) is 32.2 Å². The Morgan fingerprint density at radius 1 is 0.657 bits per heavy atom. The van der Waals surface area contributed by atoms with E-state index in [1.807, 2.05) is 0 Å². The average Bonchev–Trinajstić information content (AvgIpc) is 2.73. The van der Waals surface area contributed by atoms with Gasteiger partial charge in [-0.15, -0.1) is 0 Å². The maximum Gasteiger partial charge on any atom is 0.326 e. The predicted molar refractivity (Wildman–Crippen MR) is 120 cm³/mol. The van der Waals surface area contributed by atoms with Crippen LogP contribution in [-0.4, -0.2) is 77.2 Å². The standard InChI is InChI=1S/C19H34N8O8/c20-6-2-1-3-10(25-16(31)9(21)7-14(23)29)17(32)27-12(8-15(24)30)18(33)26-11(19(34)35)4-5-13(22)28/h9-12H,1-8,20-21H2,(H2,22,28)(H2,23,29)(H2,24,30)(H,25,31)(H,26,33)(H,27,32)(H,34,35). The number of carboxylic acids is 1. The average molecular weight is 503 g/mol. The molecule has 0 fully saturated rings. The quantitative estimate of drug-likeness (QED) is 0.0803. The van der Waals surface area contributed by atoms with E-state index >= 15 is 0 Å². The Morgan fingerprint density at radius 2 is 1.17 bits per heavy atom. The molecule has 0 radical (unpaired) electrons. The van der Waals surface area contributed by atoms with E-state index in [0.717, 1.165) is 0 Å². The summed E-state index contributed by atoms with van der Waals surface area (Å²) in [7, 11) is 0. The fourth-order valence-electron chi connectivity index (χ4n) is 2.85.